The zero-order valence-electron chi connectivity index (χ0n) is 18.4. The first-order chi connectivity index (χ1) is 15.8. The number of amides is 1. The van der Waals surface area contributed by atoms with Crippen LogP contribution >= 0.6 is 22.9 Å². The number of aromatic nitrogens is 1. The fraction of sp³-hybridized carbons (Fsp3) is 0.208. The van der Waals surface area contributed by atoms with E-state index in [0.29, 0.717) is 27.8 Å². The first-order valence-corrected chi connectivity index (χ1v) is 11.2. The van der Waals surface area contributed by atoms with Crippen molar-refractivity contribution >= 4 is 45.5 Å². The second-order valence-corrected chi connectivity index (χ2v) is 9.02. The number of aliphatic hydroxyl groups excluding tert-OH is 1. The SMILES string of the molecule is COc1ccc([C@H]2C(=C(O)c3ccc(OC)c(Cl)c3)C(=O)C(=O)N2c2nc(C)c(C)s2)cc1. The monoisotopic (exact) mass is 484 g/mol. The van der Waals surface area contributed by atoms with Gasteiger partial charge in [0.2, 0.25) is 0 Å². The van der Waals surface area contributed by atoms with Crippen LogP contribution in [0.2, 0.25) is 5.02 Å². The van der Waals surface area contributed by atoms with Gasteiger partial charge in [-0.1, -0.05) is 23.7 Å². The highest BCUT2D eigenvalue weighted by atomic mass is 35.5. The Morgan fingerprint density at radius 1 is 1.09 bits per heavy atom. The lowest BCUT2D eigenvalue weighted by molar-refractivity contribution is -0.132. The summed E-state index contributed by atoms with van der Waals surface area (Å²) in [5.74, 6) is -0.838. The number of ketones is 1. The molecule has 0 unspecified atom stereocenters. The van der Waals surface area contributed by atoms with Crippen molar-refractivity contribution in [3.05, 3.63) is 74.8 Å². The van der Waals surface area contributed by atoms with E-state index < -0.39 is 17.7 Å². The number of hydrogen-bond acceptors (Lipinski definition) is 7. The summed E-state index contributed by atoms with van der Waals surface area (Å²) in [4.78, 5) is 33.1. The number of carbonyl (C=O) groups excluding carboxylic acids is 2. The number of hydrogen-bond donors (Lipinski definition) is 1. The van der Waals surface area contributed by atoms with Crippen molar-refractivity contribution in [1.29, 1.82) is 0 Å². The maximum absolute atomic E-state index is 13.2. The molecule has 1 atom stereocenters. The molecule has 0 spiro atoms. The fourth-order valence-corrected chi connectivity index (χ4v) is 4.85. The molecule has 1 saturated heterocycles. The molecule has 1 amide bonds. The normalized spacial score (nSPS) is 17.5. The van der Waals surface area contributed by atoms with Gasteiger partial charge in [0.1, 0.15) is 17.3 Å². The largest absolute Gasteiger partial charge is 0.507 e. The van der Waals surface area contributed by atoms with E-state index in [4.69, 9.17) is 21.1 Å². The Labute approximate surface area is 199 Å². The van der Waals surface area contributed by atoms with Crippen molar-refractivity contribution < 1.29 is 24.2 Å². The van der Waals surface area contributed by atoms with E-state index in [0.717, 1.165) is 10.6 Å². The van der Waals surface area contributed by atoms with E-state index in [-0.39, 0.29) is 16.4 Å². The zero-order valence-corrected chi connectivity index (χ0v) is 20.0. The number of aryl methyl sites for hydroxylation is 2. The van der Waals surface area contributed by atoms with Gasteiger partial charge in [-0.3, -0.25) is 14.5 Å². The summed E-state index contributed by atoms with van der Waals surface area (Å²) in [6, 6.07) is 10.8. The molecule has 7 nitrogen and oxygen atoms in total. The van der Waals surface area contributed by atoms with Gasteiger partial charge in [0.15, 0.2) is 5.13 Å². The second kappa shape index (κ2) is 8.88. The number of halogens is 1. The number of rotatable bonds is 5. The summed E-state index contributed by atoms with van der Waals surface area (Å²) in [6.45, 7) is 3.74. The van der Waals surface area contributed by atoms with Crippen LogP contribution in [0.3, 0.4) is 0 Å². The van der Waals surface area contributed by atoms with Gasteiger partial charge in [-0.15, -0.1) is 11.3 Å². The lowest BCUT2D eigenvalue weighted by Crippen LogP contribution is -2.29. The molecule has 4 rings (SSSR count). The minimum absolute atomic E-state index is 0.0445. The number of aliphatic hydroxyl groups is 1. The highest BCUT2D eigenvalue weighted by molar-refractivity contribution is 7.16. The molecule has 2 heterocycles. The maximum atomic E-state index is 13.2. The Hall–Kier alpha value is -3.36. The van der Waals surface area contributed by atoms with E-state index in [9.17, 15) is 14.7 Å². The van der Waals surface area contributed by atoms with Gasteiger partial charge in [0, 0.05) is 10.4 Å². The van der Waals surface area contributed by atoms with E-state index >= 15 is 0 Å². The van der Waals surface area contributed by atoms with Crippen molar-refractivity contribution in [3.8, 4) is 11.5 Å². The Bertz CT molecular complexity index is 1260. The Kier molecular flexibility index (Phi) is 6.14. The van der Waals surface area contributed by atoms with Crippen LogP contribution in [0.4, 0.5) is 5.13 Å². The molecule has 1 aliphatic rings. The minimum Gasteiger partial charge on any atom is -0.507 e. The molecule has 1 aromatic heterocycles. The summed E-state index contributed by atoms with van der Waals surface area (Å²) in [5.41, 5.74) is 1.65. The molecule has 1 fully saturated rings. The standard InChI is InChI=1S/C24H21ClN2O5S/c1-12-13(2)33-24(26-12)27-20(14-5-8-16(31-3)9-6-14)19(22(29)23(27)30)21(28)15-7-10-18(32-4)17(25)11-15/h5-11,20,28H,1-4H3/t20-/m0/s1. The molecule has 170 valence electrons. The summed E-state index contributed by atoms with van der Waals surface area (Å²) in [6.07, 6.45) is 0. The number of anilines is 1. The van der Waals surface area contributed by atoms with Gasteiger partial charge in [-0.05, 0) is 49.7 Å². The van der Waals surface area contributed by atoms with Crippen LogP contribution in [0.1, 0.15) is 27.7 Å². The Morgan fingerprint density at radius 3 is 2.33 bits per heavy atom. The zero-order chi connectivity index (χ0) is 23.9. The lowest BCUT2D eigenvalue weighted by Gasteiger charge is -2.23. The summed E-state index contributed by atoms with van der Waals surface area (Å²) in [7, 11) is 3.03. The third-order valence-corrected chi connectivity index (χ3v) is 6.89. The number of Topliss-reactive ketones (excluding diaryl/α,β-unsaturated/α-hetero) is 1. The van der Waals surface area contributed by atoms with Gasteiger partial charge < -0.3 is 14.6 Å². The fourth-order valence-electron chi connectivity index (χ4n) is 3.66. The van der Waals surface area contributed by atoms with Crippen LogP contribution in [0.25, 0.3) is 5.76 Å². The first kappa shape index (κ1) is 22.8. The third-order valence-electron chi connectivity index (χ3n) is 5.52. The highest BCUT2D eigenvalue weighted by Crippen LogP contribution is 2.44. The summed E-state index contributed by atoms with van der Waals surface area (Å²) < 4.78 is 10.4. The van der Waals surface area contributed by atoms with Crippen LogP contribution < -0.4 is 14.4 Å². The van der Waals surface area contributed by atoms with E-state index in [2.05, 4.69) is 4.98 Å². The summed E-state index contributed by atoms with van der Waals surface area (Å²) >= 11 is 7.55. The first-order valence-electron chi connectivity index (χ1n) is 9.99. The summed E-state index contributed by atoms with van der Waals surface area (Å²) in [5, 5.41) is 11.8. The number of ether oxygens (including phenoxy) is 2. The molecule has 0 saturated carbocycles. The van der Waals surface area contributed by atoms with Crippen LogP contribution in [0.15, 0.2) is 48.0 Å². The van der Waals surface area contributed by atoms with Gasteiger partial charge in [-0.2, -0.15) is 0 Å². The molecule has 3 aromatic rings. The quantitative estimate of drug-likeness (QED) is 0.309. The predicted octanol–water partition coefficient (Wildman–Crippen LogP) is 5.06. The maximum Gasteiger partial charge on any atom is 0.301 e. The molecule has 0 bridgehead atoms. The third kappa shape index (κ3) is 3.96. The molecule has 2 aromatic carbocycles. The molecule has 0 aliphatic carbocycles. The number of methoxy groups -OCH3 is 2. The minimum atomic E-state index is -0.873. The smallest absolute Gasteiger partial charge is 0.301 e. The van der Waals surface area contributed by atoms with E-state index in [1.165, 1.54) is 29.4 Å². The molecule has 9 heteroatoms. The predicted molar refractivity (Wildman–Crippen MR) is 127 cm³/mol. The molecule has 1 N–H and O–H groups in total. The molecule has 1 aliphatic heterocycles. The van der Waals surface area contributed by atoms with Crippen LogP contribution in [-0.4, -0.2) is 36.0 Å². The van der Waals surface area contributed by atoms with E-state index in [1.54, 1.807) is 43.5 Å². The Morgan fingerprint density at radius 2 is 1.79 bits per heavy atom. The second-order valence-electron chi connectivity index (χ2n) is 7.43. The van der Waals surface area contributed by atoms with Crippen molar-refractivity contribution in [2.24, 2.45) is 0 Å². The molecular weight excluding hydrogens is 464 g/mol. The van der Waals surface area contributed by atoms with Gasteiger partial charge in [0.25, 0.3) is 5.78 Å². The van der Waals surface area contributed by atoms with Crippen LogP contribution in [0, 0.1) is 13.8 Å². The van der Waals surface area contributed by atoms with Gasteiger partial charge in [0.05, 0.1) is 36.6 Å². The molecule has 33 heavy (non-hydrogen) atoms. The number of thiazole rings is 1. The topological polar surface area (TPSA) is 89.0 Å². The van der Waals surface area contributed by atoms with Crippen molar-refractivity contribution in [1.82, 2.24) is 4.98 Å². The number of carbonyl (C=O) groups is 2. The highest BCUT2D eigenvalue weighted by Gasteiger charge is 2.48. The van der Waals surface area contributed by atoms with Crippen molar-refractivity contribution in [2.75, 3.05) is 19.1 Å². The average Bonchev–Trinajstić information content (AvgIpc) is 3.28. The Balaban J connectivity index is 1.93. The van der Waals surface area contributed by atoms with Gasteiger partial charge >= 0.3 is 5.91 Å². The van der Waals surface area contributed by atoms with Gasteiger partial charge in [-0.25, -0.2) is 4.98 Å². The van der Waals surface area contributed by atoms with Crippen LogP contribution in [-0.2, 0) is 9.59 Å². The van der Waals surface area contributed by atoms with Crippen LogP contribution in [0.5, 0.6) is 11.5 Å². The molecule has 0 radical (unpaired) electrons. The lowest BCUT2D eigenvalue weighted by atomic mass is 9.95. The van der Waals surface area contributed by atoms with Crippen molar-refractivity contribution in [3.63, 3.8) is 0 Å². The van der Waals surface area contributed by atoms with E-state index in [1.807, 2.05) is 13.8 Å². The number of benzene rings is 2. The molecular formula is C24H21ClN2O5S. The average molecular weight is 485 g/mol. The van der Waals surface area contributed by atoms with Crippen molar-refractivity contribution in [2.45, 2.75) is 19.9 Å². The number of nitrogens with zero attached hydrogens (tertiary/aromatic N) is 2.